The summed E-state index contributed by atoms with van der Waals surface area (Å²) in [5, 5.41) is 7.33. The normalized spacial score (nSPS) is 12.9. The number of hydrogen-bond acceptors (Lipinski definition) is 2. The molecule has 0 atom stereocenters. The van der Waals surface area contributed by atoms with Crippen LogP contribution >= 0.6 is 0 Å². The van der Waals surface area contributed by atoms with Crippen LogP contribution in [0.3, 0.4) is 0 Å². The number of nitrogens with zero attached hydrogens (tertiary/aromatic N) is 1. The maximum absolute atomic E-state index is 6.42. The summed E-state index contributed by atoms with van der Waals surface area (Å²) < 4.78 is 6.42. The maximum Gasteiger partial charge on any atom is 0.136 e. The number of para-hydroxylation sites is 2. The lowest BCUT2D eigenvalue weighted by Gasteiger charge is -2.30. The minimum Gasteiger partial charge on any atom is -0.456 e. The van der Waals surface area contributed by atoms with Gasteiger partial charge in [0.05, 0.1) is 5.69 Å². The Morgan fingerprint density at radius 3 is 1.84 bits per heavy atom. The molecule has 288 valence electrons. The molecule has 2 heteroatoms. The molecule has 0 aliphatic heterocycles. The first kappa shape index (κ1) is 35.3. The van der Waals surface area contributed by atoms with Gasteiger partial charge in [0.1, 0.15) is 11.2 Å². The molecule has 0 bridgehead atoms. The molecule has 1 aromatic heterocycles. The maximum atomic E-state index is 6.42. The van der Waals surface area contributed by atoms with Gasteiger partial charge in [-0.1, -0.05) is 172 Å². The molecule has 2 nitrogen and oxygen atoms in total. The zero-order valence-corrected chi connectivity index (χ0v) is 34.1. The molecule has 0 radical (unpaired) electrons. The highest BCUT2D eigenvalue weighted by molar-refractivity contribution is 6.12. The van der Waals surface area contributed by atoms with Crippen LogP contribution in [0, 0.1) is 0 Å². The second kappa shape index (κ2) is 13.7. The first-order valence-corrected chi connectivity index (χ1v) is 21.2. The molecule has 0 amide bonds. The largest absolute Gasteiger partial charge is 0.456 e. The Bertz CT molecular complexity index is 3500. The number of hydrogen-bond donors (Lipinski definition) is 0. The summed E-state index contributed by atoms with van der Waals surface area (Å²) in [7, 11) is 0. The highest BCUT2D eigenvalue weighted by atomic mass is 16.3. The Hall–Kier alpha value is -7.68. The second-order valence-corrected chi connectivity index (χ2v) is 16.9. The summed E-state index contributed by atoms with van der Waals surface area (Å²) in [5.74, 6) is 0. The van der Waals surface area contributed by atoms with Gasteiger partial charge in [0.25, 0.3) is 0 Å². The number of benzene rings is 10. The monoisotopic (exact) mass is 779 g/mol. The lowest BCUT2D eigenvalue weighted by Crippen LogP contribution is -2.17. The molecule has 61 heavy (non-hydrogen) atoms. The smallest absolute Gasteiger partial charge is 0.136 e. The van der Waals surface area contributed by atoms with Crippen molar-refractivity contribution in [1.29, 1.82) is 0 Å². The molecule has 0 N–H and O–H groups in total. The zero-order valence-electron chi connectivity index (χ0n) is 34.1. The first-order valence-electron chi connectivity index (χ1n) is 21.2. The third-order valence-corrected chi connectivity index (χ3v) is 13.1. The van der Waals surface area contributed by atoms with Crippen LogP contribution in [0.2, 0.25) is 0 Å². The van der Waals surface area contributed by atoms with Crippen molar-refractivity contribution in [2.24, 2.45) is 0 Å². The zero-order chi connectivity index (χ0) is 40.7. The van der Waals surface area contributed by atoms with E-state index in [1.807, 2.05) is 12.1 Å². The van der Waals surface area contributed by atoms with Gasteiger partial charge in [0, 0.05) is 33.1 Å². The van der Waals surface area contributed by atoms with E-state index in [9.17, 15) is 0 Å². The highest BCUT2D eigenvalue weighted by Crippen LogP contribution is 2.52. The third kappa shape index (κ3) is 5.64. The van der Waals surface area contributed by atoms with E-state index in [4.69, 9.17) is 4.42 Å². The first-order chi connectivity index (χ1) is 30.0. The van der Waals surface area contributed by atoms with E-state index in [0.717, 1.165) is 50.1 Å². The van der Waals surface area contributed by atoms with E-state index in [1.54, 1.807) is 0 Å². The summed E-state index contributed by atoms with van der Waals surface area (Å²) in [4.78, 5) is 2.44. The van der Waals surface area contributed by atoms with E-state index in [-0.39, 0.29) is 5.41 Å². The van der Waals surface area contributed by atoms with Crippen molar-refractivity contribution in [3.05, 3.63) is 223 Å². The predicted molar refractivity (Wildman–Crippen MR) is 257 cm³/mol. The van der Waals surface area contributed by atoms with E-state index in [2.05, 4.69) is 219 Å². The van der Waals surface area contributed by atoms with Crippen molar-refractivity contribution >= 4 is 60.5 Å². The summed E-state index contributed by atoms with van der Waals surface area (Å²) in [6.07, 6.45) is 0. The molecule has 11 aromatic rings. The summed E-state index contributed by atoms with van der Waals surface area (Å²) in [6, 6.07) is 77.5. The van der Waals surface area contributed by atoms with Gasteiger partial charge in [-0.3, -0.25) is 0 Å². The van der Waals surface area contributed by atoms with Crippen molar-refractivity contribution in [3.8, 4) is 44.5 Å². The van der Waals surface area contributed by atoms with Gasteiger partial charge >= 0.3 is 0 Å². The van der Waals surface area contributed by atoms with Crippen molar-refractivity contribution in [2.75, 3.05) is 4.90 Å². The SMILES string of the molecule is CC1(C)c2cc(-c3ccccc3)ccc2-c2ccc(N(c3ccc(-c4cccc5c4ccc4ccccc45)cc3)c3ccccc3-c3ccc4c(c3)oc3ccccc34)cc21. The minimum absolute atomic E-state index is 0.203. The topological polar surface area (TPSA) is 16.4 Å². The van der Waals surface area contributed by atoms with Gasteiger partial charge in [-0.05, 0) is 126 Å². The fourth-order valence-electron chi connectivity index (χ4n) is 9.99. The molecule has 0 fully saturated rings. The number of anilines is 3. The van der Waals surface area contributed by atoms with Crippen LogP contribution in [0.25, 0.3) is 88.0 Å². The molecule has 1 aliphatic carbocycles. The van der Waals surface area contributed by atoms with E-state index in [1.165, 1.54) is 66.1 Å². The third-order valence-electron chi connectivity index (χ3n) is 13.1. The van der Waals surface area contributed by atoms with Crippen molar-refractivity contribution in [3.63, 3.8) is 0 Å². The number of rotatable bonds is 6. The Balaban J connectivity index is 1.01. The molecule has 0 unspecified atom stereocenters. The van der Waals surface area contributed by atoms with Crippen LogP contribution in [0.15, 0.2) is 217 Å². The van der Waals surface area contributed by atoms with E-state index >= 15 is 0 Å². The predicted octanol–water partition coefficient (Wildman–Crippen LogP) is 16.7. The Morgan fingerprint density at radius 2 is 0.967 bits per heavy atom. The van der Waals surface area contributed by atoms with Gasteiger partial charge < -0.3 is 9.32 Å². The van der Waals surface area contributed by atoms with Gasteiger partial charge in [-0.25, -0.2) is 0 Å². The number of furan rings is 1. The average Bonchev–Trinajstić information content (AvgIpc) is 3.80. The molecule has 0 saturated heterocycles. The number of fused-ring (bicyclic) bond motifs is 9. The highest BCUT2D eigenvalue weighted by Gasteiger charge is 2.36. The molecule has 10 aromatic carbocycles. The fraction of sp³-hybridized carbons (Fsp3) is 0.0508. The lowest BCUT2D eigenvalue weighted by molar-refractivity contribution is 0.660. The summed E-state index contributed by atoms with van der Waals surface area (Å²) >= 11 is 0. The molecule has 1 heterocycles. The van der Waals surface area contributed by atoms with Crippen LogP contribution < -0.4 is 4.90 Å². The lowest BCUT2D eigenvalue weighted by atomic mass is 9.81. The van der Waals surface area contributed by atoms with Gasteiger partial charge in [-0.2, -0.15) is 0 Å². The molecule has 12 rings (SSSR count). The van der Waals surface area contributed by atoms with Crippen LogP contribution in [0.4, 0.5) is 17.1 Å². The molecular weight excluding hydrogens is 739 g/mol. The average molecular weight is 780 g/mol. The van der Waals surface area contributed by atoms with Crippen LogP contribution in [0.5, 0.6) is 0 Å². The Labute approximate surface area is 355 Å². The van der Waals surface area contributed by atoms with Crippen LogP contribution in [-0.4, -0.2) is 0 Å². The molecule has 0 saturated carbocycles. The van der Waals surface area contributed by atoms with E-state index < -0.39 is 0 Å². The van der Waals surface area contributed by atoms with E-state index in [0.29, 0.717) is 0 Å². The van der Waals surface area contributed by atoms with Gasteiger partial charge in [0.2, 0.25) is 0 Å². The standard InChI is InChI=1S/C59H41NO/c1-59(2)54-35-41(38-13-4-3-5-14-38)26-32-50(54)51-34-30-44(37-55(51)59)60(56-21-10-8-17-47(56)42-27-33-53-52-18-9-11-22-57(52)61-58(53)36-42)43-28-23-40(24-29-43)46-19-12-20-48-45-16-7-6-15-39(45)25-31-49(46)48/h3-37H,1-2H3. The Kier molecular flexibility index (Phi) is 7.92. The summed E-state index contributed by atoms with van der Waals surface area (Å²) in [6.45, 7) is 4.75. The fourth-order valence-corrected chi connectivity index (χ4v) is 9.99. The van der Waals surface area contributed by atoms with Crippen molar-refractivity contribution in [2.45, 2.75) is 19.3 Å². The van der Waals surface area contributed by atoms with Crippen LogP contribution in [-0.2, 0) is 5.41 Å². The second-order valence-electron chi connectivity index (χ2n) is 16.9. The summed E-state index contributed by atoms with van der Waals surface area (Å²) in [5.41, 5.74) is 17.3. The van der Waals surface area contributed by atoms with Crippen molar-refractivity contribution < 1.29 is 4.42 Å². The van der Waals surface area contributed by atoms with Crippen LogP contribution in [0.1, 0.15) is 25.0 Å². The Morgan fingerprint density at radius 1 is 0.344 bits per heavy atom. The molecule has 0 spiro atoms. The van der Waals surface area contributed by atoms with Crippen molar-refractivity contribution in [1.82, 2.24) is 0 Å². The van der Waals surface area contributed by atoms with Gasteiger partial charge in [-0.15, -0.1) is 0 Å². The molecular formula is C59H41NO. The van der Waals surface area contributed by atoms with Gasteiger partial charge in [0.15, 0.2) is 0 Å². The quantitative estimate of drug-likeness (QED) is 0.156. The molecule has 1 aliphatic rings. The minimum atomic E-state index is -0.203.